The van der Waals surface area contributed by atoms with E-state index < -0.39 is 0 Å². The van der Waals surface area contributed by atoms with Crippen LogP contribution in [0, 0.1) is 5.92 Å². The number of halogens is 1. The first-order valence-corrected chi connectivity index (χ1v) is 7.95. The molecule has 0 heterocycles. The first-order valence-electron chi connectivity index (χ1n) is 7.16. The lowest BCUT2D eigenvalue weighted by molar-refractivity contribution is 0.398. The number of rotatable bonds is 8. The van der Waals surface area contributed by atoms with Crippen molar-refractivity contribution in [2.75, 3.05) is 6.54 Å². The van der Waals surface area contributed by atoms with Gasteiger partial charge < -0.3 is 5.32 Å². The van der Waals surface area contributed by atoms with Crippen LogP contribution in [0.3, 0.4) is 0 Å². The molecule has 2 atom stereocenters. The maximum atomic E-state index is 3.67. The summed E-state index contributed by atoms with van der Waals surface area (Å²) in [5.74, 6) is 0.819. The average molecular weight is 312 g/mol. The van der Waals surface area contributed by atoms with E-state index in [2.05, 4.69) is 66.3 Å². The van der Waals surface area contributed by atoms with Gasteiger partial charge in [0.15, 0.2) is 0 Å². The third-order valence-electron chi connectivity index (χ3n) is 3.60. The lowest BCUT2D eigenvalue weighted by Crippen LogP contribution is -2.25. The molecule has 0 aromatic heterocycles. The Balaban J connectivity index is 2.42. The van der Waals surface area contributed by atoms with E-state index in [4.69, 9.17) is 0 Å². The number of hydrogen-bond donors (Lipinski definition) is 1. The van der Waals surface area contributed by atoms with Crippen molar-refractivity contribution < 1.29 is 0 Å². The normalized spacial score (nSPS) is 14.4. The molecule has 1 aromatic rings. The van der Waals surface area contributed by atoms with Crippen molar-refractivity contribution in [1.82, 2.24) is 5.32 Å². The first kappa shape index (κ1) is 15.7. The van der Waals surface area contributed by atoms with Crippen LogP contribution in [-0.4, -0.2) is 6.54 Å². The summed E-state index contributed by atoms with van der Waals surface area (Å²) in [7, 11) is 0. The summed E-state index contributed by atoms with van der Waals surface area (Å²) in [6, 6.07) is 9.00. The van der Waals surface area contributed by atoms with E-state index in [0.717, 1.165) is 16.9 Å². The van der Waals surface area contributed by atoms with E-state index in [1.54, 1.807) is 0 Å². The second-order valence-corrected chi connectivity index (χ2v) is 6.02. The number of hydrogen-bond acceptors (Lipinski definition) is 1. The van der Waals surface area contributed by atoms with Gasteiger partial charge in [0.25, 0.3) is 0 Å². The Bertz CT molecular complexity index is 338. The van der Waals surface area contributed by atoms with Crippen LogP contribution < -0.4 is 5.32 Å². The molecule has 0 saturated carbocycles. The Morgan fingerprint density at radius 2 is 2.06 bits per heavy atom. The quantitative estimate of drug-likeness (QED) is 0.685. The molecule has 0 aliphatic rings. The monoisotopic (exact) mass is 311 g/mol. The van der Waals surface area contributed by atoms with Gasteiger partial charge in [-0.25, -0.2) is 0 Å². The SMILES string of the molecule is CCCCC(CC)CN[C@@H](C)c1cccc(Br)c1. The summed E-state index contributed by atoms with van der Waals surface area (Å²) < 4.78 is 1.16. The minimum absolute atomic E-state index is 0.429. The number of benzene rings is 1. The van der Waals surface area contributed by atoms with Gasteiger partial charge in [0.1, 0.15) is 0 Å². The standard InChI is InChI=1S/C16H26BrN/c1-4-6-8-14(5-2)12-18-13(3)15-9-7-10-16(17)11-15/h7,9-11,13-14,18H,4-6,8,12H2,1-3H3/t13-,14?/m0/s1. The van der Waals surface area contributed by atoms with E-state index in [1.807, 2.05) is 0 Å². The zero-order valence-corrected chi connectivity index (χ0v) is 13.5. The zero-order chi connectivity index (χ0) is 13.4. The topological polar surface area (TPSA) is 12.0 Å². The second-order valence-electron chi connectivity index (χ2n) is 5.10. The molecule has 102 valence electrons. The lowest BCUT2D eigenvalue weighted by atomic mass is 9.98. The molecule has 1 N–H and O–H groups in total. The van der Waals surface area contributed by atoms with Crippen molar-refractivity contribution in [3.63, 3.8) is 0 Å². The highest BCUT2D eigenvalue weighted by molar-refractivity contribution is 9.10. The van der Waals surface area contributed by atoms with E-state index in [-0.39, 0.29) is 0 Å². The fraction of sp³-hybridized carbons (Fsp3) is 0.625. The van der Waals surface area contributed by atoms with Gasteiger partial charge in [0, 0.05) is 10.5 Å². The highest BCUT2D eigenvalue weighted by Gasteiger charge is 2.09. The van der Waals surface area contributed by atoms with Crippen LogP contribution >= 0.6 is 15.9 Å². The molecule has 0 saturated heterocycles. The Morgan fingerprint density at radius 1 is 1.28 bits per heavy atom. The summed E-state index contributed by atoms with van der Waals surface area (Å²) in [6.45, 7) is 7.94. The summed E-state index contributed by atoms with van der Waals surface area (Å²) in [4.78, 5) is 0. The molecule has 0 spiro atoms. The minimum Gasteiger partial charge on any atom is -0.310 e. The van der Waals surface area contributed by atoms with Crippen molar-refractivity contribution in [3.05, 3.63) is 34.3 Å². The predicted molar refractivity (Wildman–Crippen MR) is 83.9 cm³/mol. The van der Waals surface area contributed by atoms with Crippen molar-refractivity contribution >= 4 is 15.9 Å². The summed E-state index contributed by atoms with van der Waals surface area (Å²) in [6.07, 6.45) is 5.28. The fourth-order valence-corrected chi connectivity index (χ4v) is 2.60. The molecule has 1 unspecified atom stereocenters. The number of nitrogens with one attached hydrogen (secondary N) is 1. The summed E-state index contributed by atoms with van der Waals surface area (Å²) >= 11 is 3.53. The molecule has 0 bridgehead atoms. The third-order valence-corrected chi connectivity index (χ3v) is 4.10. The lowest BCUT2D eigenvalue weighted by Gasteiger charge is -2.20. The van der Waals surface area contributed by atoms with Gasteiger partial charge in [-0.15, -0.1) is 0 Å². The van der Waals surface area contributed by atoms with Gasteiger partial charge in [-0.3, -0.25) is 0 Å². The number of unbranched alkanes of at least 4 members (excludes halogenated alkanes) is 1. The molecular weight excluding hydrogens is 286 g/mol. The zero-order valence-electron chi connectivity index (χ0n) is 11.9. The fourth-order valence-electron chi connectivity index (χ4n) is 2.18. The molecule has 1 rings (SSSR count). The molecule has 1 aromatic carbocycles. The van der Waals surface area contributed by atoms with E-state index >= 15 is 0 Å². The minimum atomic E-state index is 0.429. The van der Waals surface area contributed by atoms with Crippen molar-refractivity contribution in [2.24, 2.45) is 5.92 Å². The molecule has 0 aliphatic heterocycles. The van der Waals surface area contributed by atoms with Gasteiger partial charge in [-0.05, 0) is 43.5 Å². The van der Waals surface area contributed by atoms with E-state index in [9.17, 15) is 0 Å². The van der Waals surface area contributed by atoms with Crippen LogP contribution in [0.15, 0.2) is 28.7 Å². The molecule has 2 heteroatoms. The van der Waals surface area contributed by atoms with Crippen molar-refractivity contribution in [2.45, 2.75) is 52.5 Å². The van der Waals surface area contributed by atoms with Gasteiger partial charge >= 0.3 is 0 Å². The predicted octanol–water partition coefficient (Wildman–Crippen LogP) is 5.32. The Hall–Kier alpha value is -0.340. The van der Waals surface area contributed by atoms with Gasteiger partial charge in [0.2, 0.25) is 0 Å². The third kappa shape index (κ3) is 5.53. The van der Waals surface area contributed by atoms with Crippen LogP contribution in [0.4, 0.5) is 0 Å². The van der Waals surface area contributed by atoms with E-state index in [0.29, 0.717) is 6.04 Å². The van der Waals surface area contributed by atoms with Gasteiger partial charge in [0.05, 0.1) is 0 Å². The largest absolute Gasteiger partial charge is 0.310 e. The second kappa shape index (κ2) is 8.71. The first-order chi connectivity index (χ1) is 8.67. The molecular formula is C16H26BrN. The smallest absolute Gasteiger partial charge is 0.0292 e. The van der Waals surface area contributed by atoms with Crippen LogP contribution in [0.1, 0.15) is 58.1 Å². The Morgan fingerprint density at radius 3 is 2.67 bits per heavy atom. The van der Waals surface area contributed by atoms with Crippen molar-refractivity contribution in [1.29, 1.82) is 0 Å². The Labute approximate surface area is 120 Å². The van der Waals surface area contributed by atoms with Gasteiger partial charge in [-0.1, -0.05) is 61.2 Å². The Kier molecular flexibility index (Phi) is 7.60. The molecule has 0 amide bonds. The summed E-state index contributed by atoms with van der Waals surface area (Å²) in [5.41, 5.74) is 1.36. The average Bonchev–Trinajstić information content (AvgIpc) is 2.38. The molecule has 1 nitrogen and oxygen atoms in total. The van der Waals surface area contributed by atoms with Gasteiger partial charge in [-0.2, -0.15) is 0 Å². The molecule has 0 fully saturated rings. The highest BCUT2D eigenvalue weighted by atomic mass is 79.9. The molecule has 0 radical (unpaired) electrons. The van der Waals surface area contributed by atoms with Crippen LogP contribution in [0.5, 0.6) is 0 Å². The summed E-state index contributed by atoms with van der Waals surface area (Å²) in [5, 5.41) is 3.67. The van der Waals surface area contributed by atoms with Crippen LogP contribution in [0.2, 0.25) is 0 Å². The van der Waals surface area contributed by atoms with Crippen molar-refractivity contribution in [3.8, 4) is 0 Å². The van der Waals surface area contributed by atoms with E-state index in [1.165, 1.54) is 31.2 Å². The van der Waals surface area contributed by atoms with Crippen LogP contribution in [0.25, 0.3) is 0 Å². The molecule has 0 aliphatic carbocycles. The highest BCUT2D eigenvalue weighted by Crippen LogP contribution is 2.19. The maximum absolute atomic E-state index is 3.67. The maximum Gasteiger partial charge on any atom is 0.0292 e. The molecule has 18 heavy (non-hydrogen) atoms. The van der Waals surface area contributed by atoms with Crippen LogP contribution in [-0.2, 0) is 0 Å².